The average Bonchev–Trinajstić information content (AvgIpc) is 3.55. The molecule has 0 bridgehead atoms. The fourth-order valence-corrected chi connectivity index (χ4v) is 4.18. The van der Waals surface area contributed by atoms with Gasteiger partial charge in [-0.1, -0.05) is 12.1 Å². The minimum Gasteiger partial charge on any atom is -0.382 e. The number of anilines is 2. The van der Waals surface area contributed by atoms with Crippen molar-refractivity contribution in [2.24, 2.45) is 6.98 Å². The highest BCUT2D eigenvalue weighted by Gasteiger charge is 2.34. The molecule has 0 fully saturated rings. The van der Waals surface area contributed by atoms with Gasteiger partial charge in [0.25, 0.3) is 5.91 Å². The van der Waals surface area contributed by atoms with Crippen LogP contribution in [-0.4, -0.2) is 59.8 Å². The number of nitrogens with zero attached hydrogens (tertiary/aromatic N) is 7. The van der Waals surface area contributed by atoms with Gasteiger partial charge in [0.1, 0.15) is 17.3 Å². The number of aryl methyl sites for hydroxylation is 3. The zero-order valence-electron chi connectivity index (χ0n) is 25.6. The highest BCUT2D eigenvalue weighted by molar-refractivity contribution is 5.92. The lowest BCUT2D eigenvalue weighted by atomic mass is 10.1. The Morgan fingerprint density at radius 3 is 2.94 bits per heavy atom. The van der Waals surface area contributed by atoms with Gasteiger partial charge in [0.05, 0.1) is 28.7 Å². The highest BCUT2D eigenvalue weighted by atomic mass is 19.1. The summed E-state index contributed by atoms with van der Waals surface area (Å²) in [5.74, 6) is -0.464. The van der Waals surface area contributed by atoms with E-state index >= 15 is 0 Å². The van der Waals surface area contributed by atoms with E-state index in [2.05, 4.69) is 25.4 Å². The summed E-state index contributed by atoms with van der Waals surface area (Å²) in [7, 11) is -2.65. The van der Waals surface area contributed by atoms with Gasteiger partial charge in [-0.3, -0.25) is 9.48 Å². The molecular formula is C25H27FN8O2. The van der Waals surface area contributed by atoms with Crippen LogP contribution in [0.2, 0.25) is 0 Å². The van der Waals surface area contributed by atoms with E-state index in [1.807, 2.05) is 0 Å². The molecule has 5 rings (SSSR count). The number of imidazole rings is 1. The molecule has 0 unspecified atom stereocenters. The Morgan fingerprint density at radius 1 is 1.25 bits per heavy atom. The normalized spacial score (nSPS) is 18.5. The lowest BCUT2D eigenvalue weighted by Gasteiger charge is -2.35. The van der Waals surface area contributed by atoms with Crippen LogP contribution >= 0.6 is 0 Å². The highest BCUT2D eigenvalue weighted by Crippen LogP contribution is 2.27. The molecule has 0 saturated carbocycles. The van der Waals surface area contributed by atoms with Crippen LogP contribution in [0.3, 0.4) is 0 Å². The van der Waals surface area contributed by atoms with Crippen LogP contribution in [0.15, 0.2) is 42.9 Å². The summed E-state index contributed by atoms with van der Waals surface area (Å²) in [6.45, 7) is 0.900. The van der Waals surface area contributed by atoms with Crippen molar-refractivity contribution < 1.29 is 22.1 Å². The van der Waals surface area contributed by atoms with Crippen LogP contribution in [-0.2, 0) is 24.8 Å². The number of halogens is 1. The molecule has 0 radical (unpaired) electrons. The predicted octanol–water partition coefficient (Wildman–Crippen LogP) is 3.24. The molecule has 3 aromatic heterocycles. The first kappa shape index (κ1) is 17.3. The van der Waals surface area contributed by atoms with Crippen molar-refractivity contribution in [3.63, 3.8) is 0 Å². The van der Waals surface area contributed by atoms with E-state index in [9.17, 15) is 9.18 Å². The molecule has 1 N–H and O–H groups in total. The van der Waals surface area contributed by atoms with Gasteiger partial charge < -0.3 is 19.5 Å². The Balaban J connectivity index is 1.46. The Kier molecular flexibility index (Phi) is 4.57. The number of carbonyl (C=O) groups is 1. The van der Waals surface area contributed by atoms with Gasteiger partial charge in [0, 0.05) is 49.7 Å². The van der Waals surface area contributed by atoms with Crippen LogP contribution in [0.5, 0.6) is 0 Å². The number of nitrogens with one attached hydrogen (secondary N) is 1. The van der Waals surface area contributed by atoms with E-state index in [4.69, 9.17) is 13.0 Å². The van der Waals surface area contributed by atoms with Crippen LogP contribution in [0.25, 0.3) is 11.4 Å². The Hall–Kier alpha value is -4.12. The van der Waals surface area contributed by atoms with Crippen molar-refractivity contribution in [1.82, 2.24) is 34.2 Å². The number of benzene rings is 1. The Labute approximate surface area is 216 Å². The summed E-state index contributed by atoms with van der Waals surface area (Å²) in [6, 6.07) is 5.35. The summed E-state index contributed by atoms with van der Waals surface area (Å²) in [5.41, 5.74) is 2.49. The van der Waals surface area contributed by atoms with Gasteiger partial charge in [0.15, 0.2) is 5.82 Å². The number of rotatable bonds is 7. The van der Waals surface area contributed by atoms with E-state index < -0.39 is 26.0 Å². The Morgan fingerprint density at radius 2 is 2.14 bits per heavy atom. The predicted molar refractivity (Wildman–Crippen MR) is 131 cm³/mol. The summed E-state index contributed by atoms with van der Waals surface area (Å²) in [4.78, 5) is 28.5. The molecule has 0 aliphatic carbocycles. The van der Waals surface area contributed by atoms with Crippen LogP contribution < -0.4 is 5.32 Å². The third-order valence-corrected chi connectivity index (χ3v) is 6.02. The maximum atomic E-state index is 13.9. The number of amides is 1. The number of methoxy groups -OCH3 is 1. The first-order chi connectivity index (χ1) is 19.7. The molecule has 1 aromatic carbocycles. The molecule has 10 nitrogen and oxygen atoms in total. The third kappa shape index (κ3) is 4.44. The lowest BCUT2D eigenvalue weighted by Crippen LogP contribution is -2.49. The smallest absolute Gasteiger partial charge is 0.290 e. The van der Waals surface area contributed by atoms with Crippen molar-refractivity contribution in [3.05, 3.63) is 71.2 Å². The van der Waals surface area contributed by atoms with Crippen molar-refractivity contribution in [1.29, 1.82) is 0 Å². The maximum absolute atomic E-state index is 13.9. The summed E-state index contributed by atoms with van der Waals surface area (Å²) >= 11 is 0. The van der Waals surface area contributed by atoms with Gasteiger partial charge in [0.2, 0.25) is 5.95 Å². The minimum absolute atomic E-state index is 0.0922. The van der Waals surface area contributed by atoms with Crippen molar-refractivity contribution in [3.8, 4) is 11.4 Å². The molecule has 0 saturated heterocycles. The standard InChI is InChI=1S/C25H27FN8O2/c1-15-9-17(5-6-19(15)26)11-34-18(14-36-4)12-33-13-20(29-23(33)24(34)35)22-16(2)10-27-25(31-22)30-21-7-8-28-32(21)3/h5-10,13,18H,11-12,14H2,1-4H3,(H,27,30,31)/t18-/m1/s1/i3D3,4D3. The molecule has 1 aliphatic rings. The van der Waals surface area contributed by atoms with Crippen LogP contribution in [0.4, 0.5) is 16.2 Å². The fraction of sp³-hybridized carbons (Fsp3) is 0.320. The molecule has 186 valence electrons. The van der Waals surface area contributed by atoms with Crippen molar-refractivity contribution in [2.75, 3.05) is 19.0 Å². The molecule has 1 aliphatic heterocycles. The average molecular weight is 497 g/mol. The quantitative estimate of drug-likeness (QED) is 0.419. The van der Waals surface area contributed by atoms with Gasteiger partial charge in [-0.2, -0.15) is 5.10 Å². The van der Waals surface area contributed by atoms with E-state index in [0.717, 1.165) is 4.68 Å². The number of ether oxygens (including phenoxy) is 1. The molecule has 4 heterocycles. The van der Waals surface area contributed by atoms with Crippen molar-refractivity contribution in [2.45, 2.75) is 33.0 Å². The van der Waals surface area contributed by atoms with Gasteiger partial charge >= 0.3 is 0 Å². The van der Waals surface area contributed by atoms with Crippen LogP contribution in [0, 0.1) is 19.7 Å². The molecule has 0 spiro atoms. The molecule has 1 atom stereocenters. The molecule has 1 amide bonds. The van der Waals surface area contributed by atoms with E-state index in [0.29, 0.717) is 28.1 Å². The number of carbonyl (C=O) groups excluding carboxylic acids is 1. The van der Waals surface area contributed by atoms with E-state index in [1.165, 1.54) is 29.4 Å². The second kappa shape index (κ2) is 9.50. The summed E-state index contributed by atoms with van der Waals surface area (Å²) in [5, 5.41) is 6.69. The zero-order chi connectivity index (χ0) is 30.4. The topological polar surface area (TPSA) is 103 Å². The third-order valence-electron chi connectivity index (χ3n) is 6.02. The summed E-state index contributed by atoms with van der Waals surface area (Å²) in [6.07, 6.45) is 4.52. The molecular weight excluding hydrogens is 463 g/mol. The van der Waals surface area contributed by atoms with Crippen LogP contribution in [0.1, 0.15) is 35.5 Å². The van der Waals surface area contributed by atoms with Gasteiger partial charge in [-0.05, 0) is 36.6 Å². The van der Waals surface area contributed by atoms with E-state index in [-0.39, 0.29) is 43.1 Å². The summed E-state index contributed by atoms with van der Waals surface area (Å²) < 4.78 is 66.7. The monoisotopic (exact) mass is 496 g/mol. The molecule has 11 heteroatoms. The molecule has 36 heavy (non-hydrogen) atoms. The Bertz CT molecular complexity index is 1630. The van der Waals surface area contributed by atoms with Gasteiger partial charge in [-0.15, -0.1) is 0 Å². The number of fused-ring (bicyclic) bond motifs is 1. The zero-order valence-corrected chi connectivity index (χ0v) is 19.6. The lowest BCUT2D eigenvalue weighted by molar-refractivity contribution is 0.0380. The first-order valence-electron chi connectivity index (χ1n) is 14.1. The fourth-order valence-electron chi connectivity index (χ4n) is 4.18. The molecule has 4 aromatic rings. The maximum Gasteiger partial charge on any atom is 0.290 e. The SMILES string of the molecule is [2H]C([2H])([2H])OC[C@H]1Cn2cc(-c3nc(Nc4ccnn4C([2H])([2H])[2H])ncc3C)nc2C(=O)N1Cc1ccc(F)c(C)c1. The van der Waals surface area contributed by atoms with Gasteiger partial charge in [-0.25, -0.2) is 19.3 Å². The van der Waals surface area contributed by atoms with Crippen molar-refractivity contribution >= 4 is 17.7 Å². The number of aromatic nitrogens is 6. The minimum atomic E-state index is -2.65. The number of hydrogen-bond acceptors (Lipinski definition) is 7. The second-order valence-corrected chi connectivity index (χ2v) is 8.56. The largest absolute Gasteiger partial charge is 0.382 e. The number of hydrogen-bond donors (Lipinski definition) is 1. The second-order valence-electron chi connectivity index (χ2n) is 8.56. The first-order valence-corrected chi connectivity index (χ1v) is 11.1. The van der Waals surface area contributed by atoms with E-state index in [1.54, 1.807) is 36.7 Å².